The summed E-state index contributed by atoms with van der Waals surface area (Å²) < 4.78 is 0. The van der Waals surface area contributed by atoms with Crippen LogP contribution in [0.1, 0.15) is 42.7 Å². The molecule has 1 saturated carbocycles. The fraction of sp³-hybridized carbons (Fsp3) is 0.500. The molecule has 15 heavy (non-hydrogen) atoms. The molecular weight excluding hydrogens is 184 g/mol. The molecule has 0 spiro atoms. The normalized spacial score (nSPS) is 18.2. The van der Waals surface area contributed by atoms with E-state index in [0.717, 1.165) is 12.2 Å². The molecule has 0 heterocycles. The average Bonchev–Trinajstić information content (AvgIpc) is 2.16. The summed E-state index contributed by atoms with van der Waals surface area (Å²) >= 11 is 0. The third kappa shape index (κ3) is 2.28. The number of aryl methyl sites for hydroxylation is 1. The molecule has 1 unspecified atom stereocenters. The molecule has 1 aromatic carbocycles. The summed E-state index contributed by atoms with van der Waals surface area (Å²) in [7, 11) is 0. The lowest BCUT2D eigenvalue weighted by Crippen LogP contribution is -2.20. The van der Waals surface area contributed by atoms with Crippen molar-refractivity contribution >= 4 is 6.29 Å². The van der Waals surface area contributed by atoms with E-state index in [0.29, 0.717) is 12.3 Å². The first kappa shape index (κ1) is 10.4. The Labute approximate surface area is 91.5 Å². The van der Waals surface area contributed by atoms with Crippen molar-refractivity contribution in [3.05, 3.63) is 35.4 Å². The van der Waals surface area contributed by atoms with Gasteiger partial charge < -0.3 is 4.79 Å². The van der Waals surface area contributed by atoms with E-state index in [9.17, 15) is 4.79 Å². The minimum Gasteiger partial charge on any atom is -0.303 e. The van der Waals surface area contributed by atoms with Crippen molar-refractivity contribution in [2.75, 3.05) is 0 Å². The predicted octanol–water partition coefficient (Wildman–Crippen LogP) is 3.47. The van der Waals surface area contributed by atoms with Gasteiger partial charge in [-0.2, -0.15) is 0 Å². The summed E-state index contributed by atoms with van der Waals surface area (Å²) in [6, 6.07) is 8.65. The summed E-state index contributed by atoms with van der Waals surface area (Å²) in [6.45, 7) is 2.10. The summed E-state index contributed by atoms with van der Waals surface area (Å²) in [5.74, 6) is 1.22. The number of hydrogen-bond donors (Lipinski definition) is 0. The third-order valence-electron chi connectivity index (χ3n) is 3.57. The zero-order valence-corrected chi connectivity index (χ0v) is 9.28. The second-order valence-electron chi connectivity index (χ2n) is 4.61. The number of aldehydes is 1. The highest BCUT2D eigenvalue weighted by molar-refractivity contribution is 5.52. The molecule has 1 aromatic rings. The Morgan fingerprint density at radius 1 is 1.33 bits per heavy atom. The van der Waals surface area contributed by atoms with Crippen LogP contribution in [0.5, 0.6) is 0 Å². The second-order valence-corrected chi connectivity index (χ2v) is 4.61. The number of carbonyl (C=O) groups excluding carboxylic acids is 1. The number of rotatable bonds is 4. The van der Waals surface area contributed by atoms with Gasteiger partial charge in [-0.15, -0.1) is 0 Å². The fourth-order valence-corrected chi connectivity index (χ4v) is 2.36. The van der Waals surface area contributed by atoms with Crippen molar-refractivity contribution in [3.63, 3.8) is 0 Å². The van der Waals surface area contributed by atoms with Crippen LogP contribution in [-0.4, -0.2) is 6.29 Å². The standard InChI is InChI=1S/C14H18O/c1-11-5-7-13(8-6-11)14(9-10-15)12-3-2-4-12/h5-8,10,12,14H,2-4,9H2,1H3. The molecule has 0 aliphatic heterocycles. The van der Waals surface area contributed by atoms with Crippen LogP contribution in [0.15, 0.2) is 24.3 Å². The average molecular weight is 202 g/mol. The molecule has 0 aromatic heterocycles. The lowest BCUT2D eigenvalue weighted by molar-refractivity contribution is -0.108. The van der Waals surface area contributed by atoms with Crippen LogP contribution in [0.2, 0.25) is 0 Å². The largest absolute Gasteiger partial charge is 0.303 e. The van der Waals surface area contributed by atoms with Gasteiger partial charge in [0, 0.05) is 6.42 Å². The van der Waals surface area contributed by atoms with Gasteiger partial charge in [-0.3, -0.25) is 0 Å². The van der Waals surface area contributed by atoms with Crippen molar-refractivity contribution in [2.24, 2.45) is 5.92 Å². The molecule has 1 fully saturated rings. The van der Waals surface area contributed by atoms with Crippen LogP contribution in [0.25, 0.3) is 0 Å². The van der Waals surface area contributed by atoms with E-state index in [1.807, 2.05) is 0 Å². The molecule has 0 saturated heterocycles. The highest BCUT2D eigenvalue weighted by atomic mass is 16.1. The van der Waals surface area contributed by atoms with E-state index >= 15 is 0 Å². The molecule has 1 heteroatoms. The van der Waals surface area contributed by atoms with Gasteiger partial charge in [0.15, 0.2) is 0 Å². The first-order valence-corrected chi connectivity index (χ1v) is 5.81. The zero-order chi connectivity index (χ0) is 10.7. The highest BCUT2D eigenvalue weighted by Gasteiger charge is 2.27. The molecule has 1 nitrogen and oxygen atoms in total. The Kier molecular flexibility index (Phi) is 3.20. The maximum absolute atomic E-state index is 10.7. The van der Waals surface area contributed by atoms with Crippen molar-refractivity contribution < 1.29 is 4.79 Å². The molecule has 1 aliphatic rings. The van der Waals surface area contributed by atoms with Gasteiger partial charge in [0.1, 0.15) is 6.29 Å². The van der Waals surface area contributed by atoms with E-state index in [2.05, 4.69) is 31.2 Å². The van der Waals surface area contributed by atoms with Crippen molar-refractivity contribution in [1.82, 2.24) is 0 Å². The molecule has 0 radical (unpaired) electrons. The minimum atomic E-state index is 0.469. The van der Waals surface area contributed by atoms with Crippen molar-refractivity contribution in [1.29, 1.82) is 0 Å². The Hall–Kier alpha value is -1.11. The van der Waals surface area contributed by atoms with E-state index in [4.69, 9.17) is 0 Å². The molecule has 2 rings (SSSR count). The summed E-state index contributed by atoms with van der Waals surface area (Å²) in [4.78, 5) is 10.7. The molecule has 0 amide bonds. The quantitative estimate of drug-likeness (QED) is 0.683. The minimum absolute atomic E-state index is 0.469. The maximum Gasteiger partial charge on any atom is 0.120 e. The fourth-order valence-electron chi connectivity index (χ4n) is 2.36. The first-order valence-electron chi connectivity index (χ1n) is 5.81. The second kappa shape index (κ2) is 4.61. The molecule has 80 valence electrons. The molecule has 1 aliphatic carbocycles. The van der Waals surface area contributed by atoms with Crippen LogP contribution in [0, 0.1) is 12.8 Å². The SMILES string of the molecule is Cc1ccc(C(CC=O)C2CCC2)cc1. The van der Waals surface area contributed by atoms with Crippen LogP contribution in [0.3, 0.4) is 0 Å². The Morgan fingerprint density at radius 2 is 2.00 bits per heavy atom. The highest BCUT2D eigenvalue weighted by Crippen LogP contribution is 2.40. The molecule has 0 bridgehead atoms. The third-order valence-corrected chi connectivity index (χ3v) is 3.57. The van der Waals surface area contributed by atoms with Crippen LogP contribution < -0.4 is 0 Å². The molecule has 0 N–H and O–H groups in total. The van der Waals surface area contributed by atoms with Crippen molar-refractivity contribution in [2.45, 2.75) is 38.5 Å². The lowest BCUT2D eigenvalue weighted by atomic mass is 9.72. The lowest BCUT2D eigenvalue weighted by Gasteiger charge is -2.33. The Balaban J connectivity index is 2.15. The van der Waals surface area contributed by atoms with E-state index in [1.54, 1.807) is 0 Å². The predicted molar refractivity (Wildman–Crippen MR) is 61.9 cm³/mol. The van der Waals surface area contributed by atoms with Gasteiger partial charge in [-0.1, -0.05) is 36.2 Å². The van der Waals surface area contributed by atoms with Gasteiger partial charge >= 0.3 is 0 Å². The summed E-state index contributed by atoms with van der Waals surface area (Å²) in [6.07, 6.45) is 5.70. The van der Waals surface area contributed by atoms with Gasteiger partial charge in [-0.25, -0.2) is 0 Å². The van der Waals surface area contributed by atoms with E-state index < -0.39 is 0 Å². The Bertz CT molecular complexity index is 322. The van der Waals surface area contributed by atoms with Crippen LogP contribution in [-0.2, 0) is 4.79 Å². The smallest absolute Gasteiger partial charge is 0.120 e. The maximum atomic E-state index is 10.7. The van der Waals surface area contributed by atoms with E-state index in [1.165, 1.54) is 30.4 Å². The van der Waals surface area contributed by atoms with Crippen LogP contribution in [0.4, 0.5) is 0 Å². The molecule has 1 atom stereocenters. The van der Waals surface area contributed by atoms with Crippen LogP contribution >= 0.6 is 0 Å². The number of carbonyl (C=O) groups is 1. The van der Waals surface area contributed by atoms with Gasteiger partial charge in [0.2, 0.25) is 0 Å². The topological polar surface area (TPSA) is 17.1 Å². The van der Waals surface area contributed by atoms with Gasteiger partial charge in [0.25, 0.3) is 0 Å². The van der Waals surface area contributed by atoms with Gasteiger partial charge in [0.05, 0.1) is 0 Å². The van der Waals surface area contributed by atoms with Gasteiger partial charge in [-0.05, 0) is 37.2 Å². The summed E-state index contributed by atoms with van der Waals surface area (Å²) in [5, 5.41) is 0. The zero-order valence-electron chi connectivity index (χ0n) is 9.28. The van der Waals surface area contributed by atoms with E-state index in [-0.39, 0.29) is 0 Å². The first-order chi connectivity index (χ1) is 7.31. The van der Waals surface area contributed by atoms with Crippen molar-refractivity contribution in [3.8, 4) is 0 Å². The Morgan fingerprint density at radius 3 is 2.47 bits per heavy atom. The number of hydrogen-bond acceptors (Lipinski definition) is 1. The monoisotopic (exact) mass is 202 g/mol. The summed E-state index contributed by atoms with van der Waals surface area (Å²) in [5.41, 5.74) is 2.63. The number of benzene rings is 1. The molecular formula is C14H18O.